The standard InChI is InChI=1S/C17H22N2O3/c1-3-19-13-10-6-7-11-14(13)22-17(2,16(19)21)15(20)18-12-8-4-5-9-12/h6-7,10-12H,3-5,8-9H2,1-2H3,(H,18,20). The van der Waals surface area contributed by atoms with Crippen LogP contribution in [0.4, 0.5) is 5.69 Å². The molecule has 1 aliphatic carbocycles. The highest BCUT2D eigenvalue weighted by molar-refractivity contribution is 6.16. The van der Waals surface area contributed by atoms with Gasteiger partial charge < -0.3 is 15.0 Å². The van der Waals surface area contributed by atoms with Gasteiger partial charge in [-0.05, 0) is 38.8 Å². The fourth-order valence-corrected chi connectivity index (χ4v) is 3.25. The Labute approximate surface area is 130 Å². The summed E-state index contributed by atoms with van der Waals surface area (Å²) in [6, 6.07) is 7.50. The minimum absolute atomic E-state index is 0.160. The average Bonchev–Trinajstić information content (AvgIpc) is 3.01. The summed E-state index contributed by atoms with van der Waals surface area (Å²) in [6.07, 6.45) is 4.20. The molecule has 0 aromatic heterocycles. The number of nitrogens with zero attached hydrogens (tertiary/aromatic N) is 1. The molecule has 1 aliphatic heterocycles. The summed E-state index contributed by atoms with van der Waals surface area (Å²) in [7, 11) is 0. The second-order valence-electron chi connectivity index (χ2n) is 6.11. The third kappa shape index (κ3) is 2.34. The van der Waals surface area contributed by atoms with Gasteiger partial charge in [0.05, 0.1) is 5.69 Å². The van der Waals surface area contributed by atoms with Crippen LogP contribution in [0.15, 0.2) is 24.3 Å². The van der Waals surface area contributed by atoms with E-state index in [0.29, 0.717) is 12.3 Å². The zero-order chi connectivity index (χ0) is 15.7. The summed E-state index contributed by atoms with van der Waals surface area (Å²) in [6.45, 7) is 3.97. The number of nitrogens with one attached hydrogen (secondary N) is 1. The van der Waals surface area contributed by atoms with E-state index in [9.17, 15) is 9.59 Å². The van der Waals surface area contributed by atoms with Crippen LogP contribution in [0.3, 0.4) is 0 Å². The normalized spacial score (nSPS) is 24.8. The average molecular weight is 302 g/mol. The molecule has 1 unspecified atom stereocenters. The quantitative estimate of drug-likeness (QED) is 0.871. The molecule has 0 spiro atoms. The topological polar surface area (TPSA) is 58.6 Å². The van der Waals surface area contributed by atoms with Crippen LogP contribution in [0.1, 0.15) is 39.5 Å². The molecule has 1 saturated carbocycles. The summed E-state index contributed by atoms with van der Waals surface area (Å²) in [5.41, 5.74) is -0.770. The smallest absolute Gasteiger partial charge is 0.280 e. The van der Waals surface area contributed by atoms with Crippen LogP contribution in [-0.4, -0.2) is 30.0 Å². The van der Waals surface area contributed by atoms with E-state index in [4.69, 9.17) is 4.74 Å². The highest BCUT2D eigenvalue weighted by Crippen LogP contribution is 2.37. The third-order valence-corrected chi connectivity index (χ3v) is 4.56. The molecular formula is C17H22N2O3. The number of hydrogen-bond donors (Lipinski definition) is 1. The van der Waals surface area contributed by atoms with Gasteiger partial charge in [-0.2, -0.15) is 0 Å². The van der Waals surface area contributed by atoms with Crippen LogP contribution in [-0.2, 0) is 9.59 Å². The van der Waals surface area contributed by atoms with Gasteiger partial charge in [0.1, 0.15) is 5.75 Å². The Balaban J connectivity index is 1.89. The molecular weight excluding hydrogens is 280 g/mol. The number of fused-ring (bicyclic) bond motifs is 1. The van der Waals surface area contributed by atoms with E-state index >= 15 is 0 Å². The van der Waals surface area contributed by atoms with Crippen LogP contribution >= 0.6 is 0 Å². The van der Waals surface area contributed by atoms with Crippen molar-refractivity contribution < 1.29 is 14.3 Å². The van der Waals surface area contributed by atoms with Crippen LogP contribution in [0.5, 0.6) is 5.75 Å². The number of para-hydroxylation sites is 2. The van der Waals surface area contributed by atoms with Gasteiger partial charge in [0, 0.05) is 12.6 Å². The Hall–Kier alpha value is -2.04. The number of rotatable bonds is 3. The van der Waals surface area contributed by atoms with Gasteiger partial charge in [0.2, 0.25) is 0 Å². The molecule has 118 valence electrons. The fourth-order valence-electron chi connectivity index (χ4n) is 3.25. The first-order chi connectivity index (χ1) is 10.6. The lowest BCUT2D eigenvalue weighted by molar-refractivity contribution is -0.148. The number of benzene rings is 1. The monoisotopic (exact) mass is 302 g/mol. The Morgan fingerprint density at radius 3 is 2.73 bits per heavy atom. The number of hydrogen-bond acceptors (Lipinski definition) is 3. The molecule has 1 atom stereocenters. The van der Waals surface area contributed by atoms with E-state index in [1.165, 1.54) is 0 Å². The Morgan fingerprint density at radius 2 is 2.05 bits per heavy atom. The Kier molecular flexibility index (Phi) is 3.81. The maximum Gasteiger partial charge on any atom is 0.280 e. The highest BCUT2D eigenvalue weighted by atomic mass is 16.5. The van der Waals surface area contributed by atoms with Gasteiger partial charge in [-0.25, -0.2) is 0 Å². The van der Waals surface area contributed by atoms with Gasteiger partial charge in [0.25, 0.3) is 17.4 Å². The number of anilines is 1. The van der Waals surface area contributed by atoms with E-state index in [1.54, 1.807) is 17.9 Å². The molecule has 2 amide bonds. The minimum atomic E-state index is -1.49. The van der Waals surface area contributed by atoms with Gasteiger partial charge >= 0.3 is 0 Å². The summed E-state index contributed by atoms with van der Waals surface area (Å²) in [5.74, 6) is -0.0606. The maximum atomic E-state index is 12.8. The van der Waals surface area contributed by atoms with E-state index in [-0.39, 0.29) is 17.9 Å². The SMILES string of the molecule is CCN1C(=O)C(C)(C(=O)NC2CCCC2)Oc2ccccc21. The second-order valence-corrected chi connectivity index (χ2v) is 6.11. The lowest BCUT2D eigenvalue weighted by atomic mass is 9.99. The lowest BCUT2D eigenvalue weighted by Crippen LogP contribution is -2.63. The molecule has 1 heterocycles. The highest BCUT2D eigenvalue weighted by Gasteiger charge is 2.50. The zero-order valence-corrected chi connectivity index (χ0v) is 13.1. The van der Waals surface area contributed by atoms with Crippen molar-refractivity contribution in [3.8, 4) is 5.75 Å². The lowest BCUT2D eigenvalue weighted by Gasteiger charge is -2.39. The first-order valence-corrected chi connectivity index (χ1v) is 7.97. The fraction of sp³-hybridized carbons (Fsp3) is 0.529. The van der Waals surface area contributed by atoms with Crippen molar-refractivity contribution in [2.75, 3.05) is 11.4 Å². The van der Waals surface area contributed by atoms with E-state index in [1.807, 2.05) is 25.1 Å². The first kappa shape index (κ1) is 14.9. The molecule has 2 aliphatic rings. The summed E-state index contributed by atoms with van der Waals surface area (Å²) >= 11 is 0. The van der Waals surface area contributed by atoms with Crippen molar-refractivity contribution in [2.45, 2.75) is 51.2 Å². The van der Waals surface area contributed by atoms with Gasteiger partial charge in [-0.15, -0.1) is 0 Å². The Morgan fingerprint density at radius 1 is 1.36 bits per heavy atom. The van der Waals surface area contributed by atoms with Crippen molar-refractivity contribution >= 4 is 17.5 Å². The predicted octanol–water partition coefficient (Wildman–Crippen LogP) is 2.25. The number of carbonyl (C=O) groups excluding carboxylic acids is 2. The van der Waals surface area contributed by atoms with Crippen molar-refractivity contribution in [3.05, 3.63) is 24.3 Å². The molecule has 1 aromatic carbocycles. The molecule has 5 nitrogen and oxygen atoms in total. The van der Waals surface area contributed by atoms with E-state index < -0.39 is 5.60 Å². The van der Waals surface area contributed by atoms with Crippen molar-refractivity contribution in [2.24, 2.45) is 0 Å². The number of ether oxygens (including phenoxy) is 1. The Bertz CT molecular complexity index is 595. The molecule has 0 saturated heterocycles. The summed E-state index contributed by atoms with van der Waals surface area (Å²) in [4.78, 5) is 27.1. The minimum Gasteiger partial charge on any atom is -0.466 e. The van der Waals surface area contributed by atoms with E-state index in [0.717, 1.165) is 31.4 Å². The second kappa shape index (κ2) is 5.63. The molecule has 1 fully saturated rings. The van der Waals surface area contributed by atoms with Crippen molar-refractivity contribution in [1.82, 2.24) is 5.32 Å². The molecule has 1 N–H and O–H groups in total. The van der Waals surface area contributed by atoms with Gasteiger partial charge in [-0.3, -0.25) is 9.59 Å². The molecule has 0 bridgehead atoms. The number of carbonyl (C=O) groups is 2. The third-order valence-electron chi connectivity index (χ3n) is 4.56. The van der Waals surface area contributed by atoms with Crippen molar-refractivity contribution in [1.29, 1.82) is 0 Å². The molecule has 22 heavy (non-hydrogen) atoms. The molecule has 0 radical (unpaired) electrons. The maximum absolute atomic E-state index is 12.8. The predicted molar refractivity (Wildman–Crippen MR) is 83.9 cm³/mol. The van der Waals surface area contributed by atoms with Gasteiger partial charge in [-0.1, -0.05) is 25.0 Å². The zero-order valence-electron chi connectivity index (χ0n) is 13.1. The summed E-state index contributed by atoms with van der Waals surface area (Å²) in [5, 5.41) is 2.98. The van der Waals surface area contributed by atoms with Crippen LogP contribution in [0.2, 0.25) is 0 Å². The molecule has 1 aromatic rings. The van der Waals surface area contributed by atoms with Crippen molar-refractivity contribution in [3.63, 3.8) is 0 Å². The van der Waals surface area contributed by atoms with Gasteiger partial charge in [0.15, 0.2) is 0 Å². The number of likely N-dealkylation sites (N-methyl/N-ethyl adjacent to an activating group) is 1. The first-order valence-electron chi connectivity index (χ1n) is 7.97. The van der Waals surface area contributed by atoms with Crippen LogP contribution in [0, 0.1) is 0 Å². The van der Waals surface area contributed by atoms with Crippen LogP contribution < -0.4 is 15.0 Å². The summed E-state index contributed by atoms with van der Waals surface area (Å²) < 4.78 is 5.83. The molecule has 3 rings (SSSR count). The van der Waals surface area contributed by atoms with E-state index in [2.05, 4.69) is 5.32 Å². The molecule has 5 heteroatoms. The largest absolute Gasteiger partial charge is 0.466 e. The number of amides is 2. The van der Waals surface area contributed by atoms with Crippen LogP contribution in [0.25, 0.3) is 0 Å².